The highest BCUT2D eigenvalue weighted by Crippen LogP contribution is 2.45. The van der Waals surface area contributed by atoms with Crippen molar-refractivity contribution in [1.29, 1.82) is 0 Å². The third kappa shape index (κ3) is 2.61. The number of rotatable bonds is 3. The molecule has 2 N–H and O–H groups in total. The van der Waals surface area contributed by atoms with Gasteiger partial charge in [-0.3, -0.25) is 0 Å². The molecule has 1 saturated heterocycles. The number of methoxy groups -OCH3 is 1. The molecule has 20 heavy (non-hydrogen) atoms. The molecule has 0 aromatic rings. The maximum Gasteiger partial charge on any atom is 0.169 e. The van der Waals surface area contributed by atoms with Gasteiger partial charge in [0.15, 0.2) is 5.79 Å². The second-order valence-electron chi connectivity index (χ2n) is 6.04. The lowest BCUT2D eigenvalue weighted by Crippen LogP contribution is -2.55. The lowest BCUT2D eigenvalue weighted by molar-refractivity contribution is -0.213. The standard InChI is InChI=1S/C14H24O6/c1-17-8-18-11-9(15)7-10(16)12-13(11)20-14(19-12)5-3-2-4-6-14/h9-13,15-16H,2-8H2,1H3/t9-,10+,11-,12-,13+/m0/s1. The molecule has 0 amide bonds. The van der Waals surface area contributed by atoms with Crippen LogP contribution in [0.1, 0.15) is 38.5 Å². The highest BCUT2D eigenvalue weighted by molar-refractivity contribution is 5.01. The summed E-state index contributed by atoms with van der Waals surface area (Å²) in [6.45, 7) is 0.0946. The molecule has 0 unspecified atom stereocenters. The number of fused-ring (bicyclic) bond motifs is 1. The molecule has 6 heteroatoms. The Kier molecular flexibility index (Phi) is 4.31. The zero-order chi connectivity index (χ0) is 14.2. The smallest absolute Gasteiger partial charge is 0.169 e. The molecule has 1 aliphatic heterocycles. The Labute approximate surface area is 119 Å². The van der Waals surface area contributed by atoms with Crippen molar-refractivity contribution in [1.82, 2.24) is 0 Å². The molecule has 0 radical (unpaired) electrons. The van der Waals surface area contributed by atoms with E-state index in [1.807, 2.05) is 0 Å². The van der Waals surface area contributed by atoms with E-state index >= 15 is 0 Å². The van der Waals surface area contributed by atoms with Gasteiger partial charge in [0, 0.05) is 26.4 Å². The minimum atomic E-state index is -0.760. The van der Waals surface area contributed by atoms with Crippen LogP contribution in [0.2, 0.25) is 0 Å². The van der Waals surface area contributed by atoms with Crippen LogP contribution in [0.15, 0.2) is 0 Å². The number of ether oxygens (including phenoxy) is 4. The summed E-state index contributed by atoms with van der Waals surface area (Å²) in [7, 11) is 1.54. The molecule has 0 aromatic carbocycles. The Balaban J connectivity index is 1.75. The fraction of sp³-hybridized carbons (Fsp3) is 1.00. The largest absolute Gasteiger partial charge is 0.390 e. The first-order valence-corrected chi connectivity index (χ1v) is 7.47. The third-order valence-electron chi connectivity index (χ3n) is 4.58. The topological polar surface area (TPSA) is 77.4 Å². The van der Waals surface area contributed by atoms with Gasteiger partial charge in [-0.15, -0.1) is 0 Å². The van der Waals surface area contributed by atoms with Crippen molar-refractivity contribution >= 4 is 0 Å². The first-order chi connectivity index (χ1) is 9.65. The van der Waals surface area contributed by atoms with Crippen LogP contribution < -0.4 is 0 Å². The normalized spacial score (nSPS) is 43.6. The van der Waals surface area contributed by atoms with Gasteiger partial charge in [0.2, 0.25) is 0 Å². The van der Waals surface area contributed by atoms with Crippen LogP contribution in [-0.2, 0) is 18.9 Å². The van der Waals surface area contributed by atoms with Crippen molar-refractivity contribution in [2.75, 3.05) is 13.9 Å². The molecule has 116 valence electrons. The highest BCUT2D eigenvalue weighted by atomic mass is 16.8. The van der Waals surface area contributed by atoms with Gasteiger partial charge < -0.3 is 29.2 Å². The summed E-state index contributed by atoms with van der Waals surface area (Å²) < 4.78 is 22.6. The minimum absolute atomic E-state index is 0.0946. The van der Waals surface area contributed by atoms with E-state index in [1.165, 1.54) is 13.5 Å². The zero-order valence-corrected chi connectivity index (χ0v) is 11.9. The molecule has 1 spiro atoms. The molecule has 1 heterocycles. The van der Waals surface area contributed by atoms with Crippen LogP contribution in [0.3, 0.4) is 0 Å². The van der Waals surface area contributed by atoms with Gasteiger partial charge in [0.25, 0.3) is 0 Å². The second kappa shape index (κ2) is 5.87. The Hall–Kier alpha value is -0.240. The Morgan fingerprint density at radius 1 is 1.05 bits per heavy atom. The first-order valence-electron chi connectivity index (χ1n) is 7.47. The Morgan fingerprint density at radius 2 is 1.75 bits per heavy atom. The number of hydrogen-bond acceptors (Lipinski definition) is 6. The second-order valence-corrected chi connectivity index (χ2v) is 6.04. The van der Waals surface area contributed by atoms with Crippen LogP contribution in [0, 0.1) is 0 Å². The van der Waals surface area contributed by atoms with E-state index in [1.54, 1.807) is 0 Å². The molecule has 5 atom stereocenters. The van der Waals surface area contributed by atoms with E-state index in [2.05, 4.69) is 0 Å². The van der Waals surface area contributed by atoms with E-state index in [0.717, 1.165) is 25.7 Å². The van der Waals surface area contributed by atoms with Gasteiger partial charge in [0.1, 0.15) is 25.1 Å². The summed E-state index contributed by atoms with van der Waals surface area (Å²) in [6, 6.07) is 0. The Morgan fingerprint density at radius 3 is 2.45 bits per heavy atom. The van der Waals surface area contributed by atoms with Crippen LogP contribution in [0.25, 0.3) is 0 Å². The summed E-state index contributed by atoms with van der Waals surface area (Å²) in [4.78, 5) is 0. The van der Waals surface area contributed by atoms with Crippen LogP contribution in [0.4, 0.5) is 0 Å². The summed E-state index contributed by atoms with van der Waals surface area (Å²) in [5.74, 6) is -0.590. The molecule has 3 rings (SSSR count). The van der Waals surface area contributed by atoms with Crippen molar-refractivity contribution in [2.45, 2.75) is 74.8 Å². The molecular weight excluding hydrogens is 264 g/mol. The minimum Gasteiger partial charge on any atom is -0.390 e. The van der Waals surface area contributed by atoms with Gasteiger partial charge in [-0.1, -0.05) is 6.42 Å². The van der Waals surface area contributed by atoms with E-state index in [4.69, 9.17) is 18.9 Å². The molecular formula is C14H24O6. The van der Waals surface area contributed by atoms with Gasteiger partial charge in [0.05, 0.1) is 12.2 Å². The quantitative estimate of drug-likeness (QED) is 0.738. The predicted octanol–water partition coefficient (Wildman–Crippen LogP) is 0.545. The average molecular weight is 288 g/mol. The van der Waals surface area contributed by atoms with Crippen molar-refractivity contribution in [3.8, 4) is 0 Å². The lowest BCUT2D eigenvalue weighted by atomic mass is 9.87. The fourth-order valence-corrected chi connectivity index (χ4v) is 3.62. The van der Waals surface area contributed by atoms with Gasteiger partial charge in [-0.2, -0.15) is 0 Å². The van der Waals surface area contributed by atoms with Gasteiger partial charge in [-0.05, 0) is 12.8 Å². The predicted molar refractivity (Wildman–Crippen MR) is 68.9 cm³/mol. The SMILES string of the molecule is COCO[C@@H]1[C@H]2OC3(CCCCC3)O[C@H]2[C@H](O)C[C@@H]1O. The van der Waals surface area contributed by atoms with Crippen molar-refractivity contribution < 1.29 is 29.2 Å². The maximum absolute atomic E-state index is 10.2. The van der Waals surface area contributed by atoms with E-state index in [-0.39, 0.29) is 13.2 Å². The fourth-order valence-electron chi connectivity index (χ4n) is 3.62. The summed E-state index contributed by atoms with van der Waals surface area (Å²) in [5, 5.41) is 20.3. The number of aliphatic hydroxyl groups excluding tert-OH is 2. The monoisotopic (exact) mass is 288 g/mol. The number of aliphatic hydroxyl groups is 2. The summed E-state index contributed by atoms with van der Waals surface area (Å²) >= 11 is 0. The molecule has 3 fully saturated rings. The van der Waals surface area contributed by atoms with Crippen LogP contribution >= 0.6 is 0 Å². The molecule has 2 aliphatic carbocycles. The van der Waals surface area contributed by atoms with Crippen molar-refractivity contribution in [3.63, 3.8) is 0 Å². The van der Waals surface area contributed by atoms with E-state index in [9.17, 15) is 10.2 Å². The molecule has 2 saturated carbocycles. The summed E-state index contributed by atoms with van der Waals surface area (Å²) in [5.41, 5.74) is 0. The summed E-state index contributed by atoms with van der Waals surface area (Å²) in [6.07, 6.45) is 2.45. The molecule has 0 bridgehead atoms. The van der Waals surface area contributed by atoms with E-state index < -0.39 is 36.3 Å². The maximum atomic E-state index is 10.2. The van der Waals surface area contributed by atoms with E-state index in [0.29, 0.717) is 0 Å². The molecule has 6 nitrogen and oxygen atoms in total. The highest BCUT2D eigenvalue weighted by Gasteiger charge is 2.57. The first kappa shape index (κ1) is 14.7. The van der Waals surface area contributed by atoms with Gasteiger partial charge >= 0.3 is 0 Å². The lowest BCUT2D eigenvalue weighted by Gasteiger charge is -2.37. The third-order valence-corrected chi connectivity index (χ3v) is 4.58. The van der Waals surface area contributed by atoms with Crippen molar-refractivity contribution in [3.05, 3.63) is 0 Å². The molecule has 0 aromatic heterocycles. The van der Waals surface area contributed by atoms with Crippen molar-refractivity contribution in [2.24, 2.45) is 0 Å². The average Bonchev–Trinajstić information content (AvgIpc) is 2.79. The van der Waals surface area contributed by atoms with Crippen LogP contribution in [-0.4, -0.2) is 60.4 Å². The number of hydrogen-bond donors (Lipinski definition) is 2. The van der Waals surface area contributed by atoms with Crippen LogP contribution in [0.5, 0.6) is 0 Å². The molecule has 3 aliphatic rings. The zero-order valence-electron chi connectivity index (χ0n) is 11.9. The van der Waals surface area contributed by atoms with Gasteiger partial charge in [-0.25, -0.2) is 0 Å². The Bertz CT molecular complexity index is 320.